The van der Waals surface area contributed by atoms with Crippen LogP contribution in [0.5, 0.6) is 11.5 Å². The van der Waals surface area contributed by atoms with E-state index in [9.17, 15) is 14.4 Å². The van der Waals surface area contributed by atoms with Crippen molar-refractivity contribution < 1.29 is 23.9 Å². The van der Waals surface area contributed by atoms with Crippen molar-refractivity contribution in [2.75, 3.05) is 17.4 Å². The van der Waals surface area contributed by atoms with Crippen LogP contribution in [0.3, 0.4) is 0 Å². The van der Waals surface area contributed by atoms with E-state index in [1.165, 1.54) is 18.3 Å². The lowest BCUT2D eigenvalue weighted by atomic mass is 10.1. The molecule has 2 N–H and O–H groups in total. The van der Waals surface area contributed by atoms with Crippen molar-refractivity contribution in [3.8, 4) is 11.5 Å². The number of thiophene rings is 1. The van der Waals surface area contributed by atoms with Crippen LogP contribution in [0.2, 0.25) is 0 Å². The second kappa shape index (κ2) is 7.76. The van der Waals surface area contributed by atoms with Gasteiger partial charge in [-0.2, -0.15) is 0 Å². The van der Waals surface area contributed by atoms with Gasteiger partial charge in [0, 0.05) is 22.9 Å². The molecule has 1 aromatic heterocycles. The van der Waals surface area contributed by atoms with Crippen LogP contribution in [0.25, 0.3) is 0 Å². The van der Waals surface area contributed by atoms with Gasteiger partial charge in [-0.1, -0.05) is 6.07 Å². The van der Waals surface area contributed by atoms with E-state index in [0.717, 1.165) is 0 Å². The number of Topliss-reactive ketones (excluding diaryl/α,β-unsaturated/α-hetero) is 1. The Balaban J connectivity index is 1.49. The summed E-state index contributed by atoms with van der Waals surface area (Å²) in [5.74, 6) is 0.146. The number of nitrogens with one attached hydrogen (secondary N) is 2. The zero-order valence-electron chi connectivity index (χ0n) is 15.4. The number of amides is 2. The summed E-state index contributed by atoms with van der Waals surface area (Å²) in [6.07, 6.45) is 0. The number of ketones is 1. The standard InChI is InChI=1S/C21H16N2O5S/c1-12(24)15-9-17-18(28-11-27-17)10-16(15)23-20(25)13-4-6-14(7-5-13)22-21(26)19-3-2-8-29-19/h2-10H,11H2,1H3,(H,22,26)(H,23,25). The number of hydrogen-bond acceptors (Lipinski definition) is 6. The van der Waals surface area contributed by atoms with Gasteiger partial charge in [0.1, 0.15) is 0 Å². The Morgan fingerprint density at radius 3 is 2.31 bits per heavy atom. The van der Waals surface area contributed by atoms with Gasteiger partial charge in [0.15, 0.2) is 17.3 Å². The lowest BCUT2D eigenvalue weighted by molar-refractivity contribution is 0.101. The number of benzene rings is 2. The Morgan fingerprint density at radius 2 is 1.66 bits per heavy atom. The van der Waals surface area contributed by atoms with Crippen LogP contribution in [-0.2, 0) is 0 Å². The van der Waals surface area contributed by atoms with E-state index >= 15 is 0 Å². The molecule has 3 aromatic rings. The molecule has 4 rings (SSSR count). The summed E-state index contributed by atoms with van der Waals surface area (Å²) in [5.41, 5.74) is 1.64. The van der Waals surface area contributed by atoms with Crippen LogP contribution in [0.15, 0.2) is 53.9 Å². The molecule has 0 saturated heterocycles. The molecule has 0 fully saturated rings. The molecule has 0 radical (unpaired) electrons. The van der Waals surface area contributed by atoms with Gasteiger partial charge in [-0.3, -0.25) is 14.4 Å². The first kappa shape index (κ1) is 18.7. The Morgan fingerprint density at radius 1 is 0.931 bits per heavy atom. The van der Waals surface area contributed by atoms with Crippen molar-refractivity contribution in [1.82, 2.24) is 0 Å². The van der Waals surface area contributed by atoms with Crippen LogP contribution in [0.4, 0.5) is 11.4 Å². The van der Waals surface area contributed by atoms with E-state index in [4.69, 9.17) is 9.47 Å². The molecule has 0 saturated carbocycles. The summed E-state index contributed by atoms with van der Waals surface area (Å²) in [5, 5.41) is 7.34. The molecule has 0 aliphatic carbocycles. The predicted molar refractivity (Wildman–Crippen MR) is 109 cm³/mol. The molecule has 0 bridgehead atoms. The highest BCUT2D eigenvalue weighted by molar-refractivity contribution is 7.12. The van der Waals surface area contributed by atoms with E-state index in [-0.39, 0.29) is 24.4 Å². The quantitative estimate of drug-likeness (QED) is 0.618. The zero-order chi connectivity index (χ0) is 20.4. The molecule has 0 unspecified atom stereocenters. The highest BCUT2D eigenvalue weighted by Crippen LogP contribution is 2.37. The highest BCUT2D eigenvalue weighted by Gasteiger charge is 2.20. The molecule has 2 amide bonds. The molecule has 2 heterocycles. The lowest BCUT2D eigenvalue weighted by Crippen LogP contribution is -2.15. The third kappa shape index (κ3) is 3.97. The minimum absolute atomic E-state index is 0.0722. The average Bonchev–Trinajstić information content (AvgIpc) is 3.39. The summed E-state index contributed by atoms with van der Waals surface area (Å²) >= 11 is 1.35. The maximum absolute atomic E-state index is 12.6. The number of hydrogen-bond donors (Lipinski definition) is 2. The minimum Gasteiger partial charge on any atom is -0.454 e. The minimum atomic E-state index is -0.387. The van der Waals surface area contributed by atoms with Crippen molar-refractivity contribution in [3.05, 3.63) is 69.9 Å². The first-order valence-corrected chi connectivity index (χ1v) is 9.60. The van der Waals surface area contributed by atoms with Gasteiger partial charge < -0.3 is 20.1 Å². The third-order valence-corrected chi connectivity index (χ3v) is 5.16. The first-order chi connectivity index (χ1) is 14.0. The van der Waals surface area contributed by atoms with Gasteiger partial charge in [0.2, 0.25) is 6.79 Å². The smallest absolute Gasteiger partial charge is 0.265 e. The van der Waals surface area contributed by atoms with Gasteiger partial charge in [-0.25, -0.2) is 0 Å². The van der Waals surface area contributed by atoms with Crippen molar-refractivity contribution >= 4 is 40.3 Å². The second-order valence-electron chi connectivity index (χ2n) is 6.27. The molecule has 8 heteroatoms. The summed E-state index contributed by atoms with van der Waals surface area (Å²) in [4.78, 5) is 37.3. The monoisotopic (exact) mass is 408 g/mol. The predicted octanol–water partition coefficient (Wildman–Crippen LogP) is 4.18. The Labute approximate surface area is 170 Å². The fraction of sp³-hybridized carbons (Fsp3) is 0.0952. The molecule has 0 atom stereocenters. The van der Waals surface area contributed by atoms with E-state index in [2.05, 4.69) is 10.6 Å². The molecule has 7 nitrogen and oxygen atoms in total. The SMILES string of the molecule is CC(=O)c1cc2c(cc1NC(=O)c1ccc(NC(=O)c3cccs3)cc1)OCO2. The number of ether oxygens (including phenoxy) is 2. The van der Waals surface area contributed by atoms with Gasteiger partial charge in [-0.15, -0.1) is 11.3 Å². The number of rotatable bonds is 5. The van der Waals surface area contributed by atoms with Gasteiger partial charge in [0.05, 0.1) is 10.6 Å². The number of anilines is 2. The van der Waals surface area contributed by atoms with Crippen molar-refractivity contribution in [3.63, 3.8) is 0 Å². The summed E-state index contributed by atoms with van der Waals surface area (Å²) in [7, 11) is 0. The molecule has 1 aliphatic heterocycles. The first-order valence-electron chi connectivity index (χ1n) is 8.72. The molecule has 1 aliphatic rings. The second-order valence-corrected chi connectivity index (χ2v) is 7.22. The van der Waals surface area contributed by atoms with Crippen molar-refractivity contribution in [2.24, 2.45) is 0 Å². The largest absolute Gasteiger partial charge is 0.454 e. The Bertz CT molecular complexity index is 1090. The van der Waals surface area contributed by atoms with E-state index in [0.29, 0.717) is 38.9 Å². The van der Waals surface area contributed by atoms with Crippen LogP contribution in [0.1, 0.15) is 37.3 Å². The molecular weight excluding hydrogens is 392 g/mol. The average molecular weight is 408 g/mol. The van der Waals surface area contributed by atoms with Crippen molar-refractivity contribution in [1.29, 1.82) is 0 Å². The molecule has 2 aromatic carbocycles. The van der Waals surface area contributed by atoms with E-state index < -0.39 is 0 Å². The van der Waals surface area contributed by atoms with Crippen LogP contribution < -0.4 is 20.1 Å². The van der Waals surface area contributed by atoms with Crippen LogP contribution in [-0.4, -0.2) is 24.4 Å². The zero-order valence-corrected chi connectivity index (χ0v) is 16.2. The molecule has 29 heavy (non-hydrogen) atoms. The van der Waals surface area contributed by atoms with Crippen LogP contribution in [0, 0.1) is 0 Å². The maximum Gasteiger partial charge on any atom is 0.265 e. The van der Waals surface area contributed by atoms with E-state index in [1.54, 1.807) is 48.5 Å². The maximum atomic E-state index is 12.6. The van der Waals surface area contributed by atoms with E-state index in [1.807, 2.05) is 5.38 Å². The summed E-state index contributed by atoms with van der Waals surface area (Å²) < 4.78 is 10.6. The van der Waals surface area contributed by atoms with Gasteiger partial charge in [0.25, 0.3) is 11.8 Å². The van der Waals surface area contributed by atoms with Crippen LogP contribution >= 0.6 is 11.3 Å². The fourth-order valence-corrected chi connectivity index (χ4v) is 3.46. The lowest BCUT2D eigenvalue weighted by Gasteiger charge is -2.11. The highest BCUT2D eigenvalue weighted by atomic mass is 32.1. The molecule has 0 spiro atoms. The third-order valence-electron chi connectivity index (χ3n) is 4.29. The van der Waals surface area contributed by atoms with Gasteiger partial charge in [-0.05, 0) is 48.7 Å². The normalized spacial score (nSPS) is 11.8. The van der Waals surface area contributed by atoms with Gasteiger partial charge >= 0.3 is 0 Å². The number of carbonyl (C=O) groups is 3. The number of carbonyl (C=O) groups excluding carboxylic acids is 3. The topological polar surface area (TPSA) is 93.7 Å². The molecular formula is C21H16N2O5S. The number of fused-ring (bicyclic) bond motifs is 1. The fourth-order valence-electron chi connectivity index (χ4n) is 2.84. The molecule has 146 valence electrons. The Kier molecular flexibility index (Phi) is 5.01. The van der Waals surface area contributed by atoms with Crippen molar-refractivity contribution in [2.45, 2.75) is 6.92 Å². The summed E-state index contributed by atoms with van der Waals surface area (Å²) in [6.45, 7) is 1.49. The Hall–Kier alpha value is -3.65. The summed E-state index contributed by atoms with van der Waals surface area (Å²) in [6, 6.07) is 13.2.